The fraction of sp³-hybridized carbons (Fsp3) is 0.375. The summed E-state index contributed by atoms with van der Waals surface area (Å²) in [4.78, 5) is 0. The molecule has 0 amide bonds. The van der Waals surface area contributed by atoms with Crippen molar-refractivity contribution in [1.29, 1.82) is 0 Å². The van der Waals surface area contributed by atoms with Gasteiger partial charge in [0, 0.05) is 11.5 Å². The topological polar surface area (TPSA) is 133 Å². The number of rotatable bonds is 10. The summed E-state index contributed by atoms with van der Waals surface area (Å²) in [5.74, 6) is 0.0979. The molecule has 0 aliphatic carbocycles. The monoisotopic (exact) mass is 448 g/mol. The molecular formula is C16H18Na2O8S2. The van der Waals surface area contributed by atoms with Gasteiger partial charge in [0.2, 0.25) is 0 Å². The van der Waals surface area contributed by atoms with Crippen molar-refractivity contribution in [1.82, 2.24) is 0 Å². The van der Waals surface area contributed by atoms with E-state index in [-0.39, 0.29) is 85.2 Å². The molecule has 8 nitrogen and oxygen atoms in total. The average Bonchev–Trinajstić information content (AvgIpc) is 2.53. The zero-order valence-electron chi connectivity index (χ0n) is 15.8. The van der Waals surface area contributed by atoms with Crippen LogP contribution in [0.3, 0.4) is 0 Å². The van der Waals surface area contributed by atoms with Gasteiger partial charge in [-0.15, -0.1) is 0 Å². The van der Waals surface area contributed by atoms with Crippen LogP contribution in [0, 0.1) is 0 Å². The molecule has 0 heterocycles. The third kappa shape index (κ3) is 11.3. The van der Waals surface area contributed by atoms with Crippen LogP contribution < -0.4 is 68.6 Å². The molecule has 2 aromatic rings. The maximum atomic E-state index is 10.5. The average molecular weight is 448 g/mol. The van der Waals surface area contributed by atoms with Gasteiger partial charge in [-0.1, -0.05) is 12.1 Å². The van der Waals surface area contributed by atoms with Crippen molar-refractivity contribution >= 4 is 31.0 Å². The molecule has 0 aromatic heterocycles. The molecule has 0 unspecified atom stereocenters. The van der Waals surface area contributed by atoms with E-state index in [1.807, 2.05) is 12.1 Å². The summed E-state index contributed by atoms with van der Waals surface area (Å²) in [6.45, 7) is 0.208. The van der Waals surface area contributed by atoms with Crippen molar-refractivity contribution < 1.29 is 94.5 Å². The zero-order valence-corrected chi connectivity index (χ0v) is 21.4. The fourth-order valence-corrected chi connectivity index (χ4v) is 3.18. The van der Waals surface area contributed by atoms with Gasteiger partial charge in [-0.3, -0.25) is 0 Å². The quantitative estimate of drug-likeness (QED) is 0.202. The summed E-state index contributed by atoms with van der Waals surface area (Å²) in [6.07, 6.45) is 0.214. The molecule has 0 saturated carbocycles. The van der Waals surface area contributed by atoms with Crippen LogP contribution in [0.2, 0.25) is 0 Å². The molecule has 2 aromatic carbocycles. The molecule has 0 spiro atoms. The van der Waals surface area contributed by atoms with E-state index in [1.165, 1.54) is 0 Å². The number of hydrogen-bond donors (Lipinski definition) is 0. The van der Waals surface area contributed by atoms with E-state index >= 15 is 0 Å². The Balaban J connectivity index is 0.00000364. The van der Waals surface area contributed by atoms with Gasteiger partial charge in [0.25, 0.3) is 0 Å². The second kappa shape index (κ2) is 12.7. The Kier molecular flexibility index (Phi) is 12.8. The maximum absolute atomic E-state index is 10.5. The Morgan fingerprint density at radius 3 is 1.43 bits per heavy atom. The second-order valence-corrected chi connectivity index (χ2v) is 8.65. The number of hydrogen-bond acceptors (Lipinski definition) is 8. The van der Waals surface area contributed by atoms with Crippen LogP contribution in [-0.2, 0) is 20.2 Å². The molecular weight excluding hydrogens is 430 g/mol. The molecule has 144 valence electrons. The van der Waals surface area contributed by atoms with Crippen LogP contribution >= 0.6 is 0 Å². The van der Waals surface area contributed by atoms with Gasteiger partial charge in [-0.25, -0.2) is 16.8 Å². The van der Waals surface area contributed by atoms with Gasteiger partial charge in [-0.05, 0) is 47.9 Å². The zero-order chi connectivity index (χ0) is 19.2. The first-order chi connectivity index (χ1) is 12.1. The van der Waals surface area contributed by atoms with E-state index in [1.54, 1.807) is 24.3 Å². The second-order valence-electron chi connectivity index (χ2n) is 5.60. The summed E-state index contributed by atoms with van der Waals surface area (Å²) < 4.78 is 74.1. The standard InChI is InChI=1S/C16H20O8S2.2Na/c17-25(18,19)9-1-7-23-15-5-3-13-4-6-16(12-14(13)11-15)24-8-2-10-26(20,21)22;;/h3-6,11-12H,1-2,7-10H2,(H,17,18,19)(H,20,21,22);;/q;2*+1/p-2. The Morgan fingerprint density at radius 1 is 0.679 bits per heavy atom. The van der Waals surface area contributed by atoms with Crippen LogP contribution in [0.1, 0.15) is 12.8 Å². The van der Waals surface area contributed by atoms with Crippen LogP contribution in [0.4, 0.5) is 0 Å². The largest absolute Gasteiger partial charge is 1.00 e. The van der Waals surface area contributed by atoms with E-state index in [2.05, 4.69) is 0 Å². The predicted octanol–water partition coefficient (Wildman–Crippen LogP) is -4.52. The smallest absolute Gasteiger partial charge is 0.748 e. The van der Waals surface area contributed by atoms with E-state index < -0.39 is 31.7 Å². The first-order valence-corrected chi connectivity index (χ1v) is 10.9. The van der Waals surface area contributed by atoms with Gasteiger partial charge in [0.1, 0.15) is 11.5 Å². The molecule has 0 atom stereocenters. The molecule has 0 aliphatic heterocycles. The maximum Gasteiger partial charge on any atom is 1.00 e. The van der Waals surface area contributed by atoms with Crippen LogP contribution in [-0.4, -0.2) is 50.7 Å². The van der Waals surface area contributed by atoms with Gasteiger partial charge in [0.15, 0.2) is 0 Å². The predicted molar refractivity (Wildman–Crippen MR) is 93.3 cm³/mol. The van der Waals surface area contributed by atoms with Crippen molar-refractivity contribution in [2.24, 2.45) is 0 Å². The Labute approximate surface area is 209 Å². The molecule has 0 fully saturated rings. The normalized spacial score (nSPS) is 11.4. The van der Waals surface area contributed by atoms with Crippen molar-refractivity contribution in [2.45, 2.75) is 12.8 Å². The molecule has 2 rings (SSSR count). The summed E-state index contributed by atoms with van der Waals surface area (Å²) in [5.41, 5.74) is 0. The Hall–Kier alpha value is 0.120. The van der Waals surface area contributed by atoms with Gasteiger partial charge >= 0.3 is 59.1 Å². The van der Waals surface area contributed by atoms with Gasteiger partial charge in [0.05, 0.1) is 33.5 Å². The van der Waals surface area contributed by atoms with Crippen molar-refractivity contribution in [3.05, 3.63) is 36.4 Å². The summed E-state index contributed by atoms with van der Waals surface area (Å²) >= 11 is 0. The number of fused-ring (bicyclic) bond motifs is 1. The van der Waals surface area contributed by atoms with E-state index in [0.29, 0.717) is 11.5 Å². The molecule has 0 radical (unpaired) electrons. The third-order valence-corrected chi connectivity index (χ3v) is 4.98. The summed E-state index contributed by atoms with van der Waals surface area (Å²) in [6, 6.07) is 10.6. The molecule has 12 heteroatoms. The third-order valence-electron chi connectivity index (χ3n) is 3.40. The number of benzene rings is 2. The molecule has 0 bridgehead atoms. The summed E-state index contributed by atoms with van der Waals surface area (Å²) in [5, 5.41) is 1.74. The van der Waals surface area contributed by atoms with Crippen LogP contribution in [0.5, 0.6) is 11.5 Å². The van der Waals surface area contributed by atoms with Crippen molar-refractivity contribution in [2.75, 3.05) is 24.7 Å². The van der Waals surface area contributed by atoms with Gasteiger partial charge in [-0.2, -0.15) is 0 Å². The molecule has 0 saturated heterocycles. The minimum atomic E-state index is -4.24. The Morgan fingerprint density at radius 2 is 1.07 bits per heavy atom. The fourth-order valence-electron chi connectivity index (χ4n) is 2.23. The van der Waals surface area contributed by atoms with E-state index in [4.69, 9.17) is 9.47 Å². The van der Waals surface area contributed by atoms with E-state index in [0.717, 1.165) is 10.8 Å². The summed E-state index contributed by atoms with van der Waals surface area (Å²) in [7, 11) is -8.49. The molecule has 28 heavy (non-hydrogen) atoms. The Bertz CT molecular complexity index is 887. The number of ether oxygens (including phenoxy) is 2. The van der Waals surface area contributed by atoms with Gasteiger partial charge < -0.3 is 18.6 Å². The van der Waals surface area contributed by atoms with Crippen molar-refractivity contribution in [3.8, 4) is 11.5 Å². The molecule has 0 aliphatic rings. The first kappa shape index (κ1) is 28.1. The minimum Gasteiger partial charge on any atom is -0.748 e. The molecule has 0 N–H and O–H groups in total. The van der Waals surface area contributed by atoms with Crippen molar-refractivity contribution in [3.63, 3.8) is 0 Å². The first-order valence-electron chi connectivity index (χ1n) is 7.79. The minimum absolute atomic E-state index is 0. The SMILES string of the molecule is O=S(=O)([O-])CCCOc1ccc2ccc(OCCCS(=O)(=O)[O-])cc2c1.[Na+].[Na+]. The van der Waals surface area contributed by atoms with Crippen LogP contribution in [0.15, 0.2) is 36.4 Å². The van der Waals surface area contributed by atoms with Crippen LogP contribution in [0.25, 0.3) is 10.8 Å². The van der Waals surface area contributed by atoms with E-state index in [9.17, 15) is 25.9 Å².